The summed E-state index contributed by atoms with van der Waals surface area (Å²) >= 11 is 6.34. The smallest absolute Gasteiger partial charge is 0.258 e. The molecule has 6 nitrogen and oxygen atoms in total. The van der Waals surface area contributed by atoms with Gasteiger partial charge in [0.1, 0.15) is 11.6 Å². The SMILES string of the molecule is CN(C)c1ccc(-c2nc3ccc(C(=O)N4C[C@@H](CCl)c5c4cc(O)c4ccccc54)cc3[nH]2)cc1. The van der Waals surface area contributed by atoms with Gasteiger partial charge in [-0.25, -0.2) is 4.98 Å². The molecule has 1 atom stereocenters. The maximum Gasteiger partial charge on any atom is 0.258 e. The number of alkyl halides is 1. The minimum Gasteiger partial charge on any atom is -0.507 e. The molecule has 0 saturated carbocycles. The third-order valence-electron chi connectivity index (χ3n) is 6.96. The first-order valence-electron chi connectivity index (χ1n) is 11.8. The Morgan fingerprint density at radius 1 is 1.08 bits per heavy atom. The molecule has 7 heteroatoms. The number of imidazole rings is 1. The second kappa shape index (κ2) is 8.57. The number of carbonyl (C=O) groups excluding carboxylic acids is 1. The summed E-state index contributed by atoms with van der Waals surface area (Å²) in [5.74, 6) is 1.16. The zero-order valence-corrected chi connectivity index (χ0v) is 20.8. The van der Waals surface area contributed by atoms with E-state index in [1.807, 2.05) is 67.5 Å². The molecule has 4 aromatic carbocycles. The number of phenols is 1. The molecule has 0 saturated heterocycles. The van der Waals surface area contributed by atoms with Crippen LogP contribution in [0, 0.1) is 0 Å². The molecule has 0 radical (unpaired) electrons. The number of anilines is 2. The van der Waals surface area contributed by atoms with E-state index in [4.69, 9.17) is 16.6 Å². The van der Waals surface area contributed by atoms with Crippen LogP contribution in [0.25, 0.3) is 33.2 Å². The van der Waals surface area contributed by atoms with Crippen molar-refractivity contribution in [3.05, 3.63) is 83.9 Å². The van der Waals surface area contributed by atoms with Gasteiger partial charge < -0.3 is 19.9 Å². The summed E-state index contributed by atoms with van der Waals surface area (Å²) in [7, 11) is 4.01. The van der Waals surface area contributed by atoms with Crippen LogP contribution >= 0.6 is 11.6 Å². The number of nitrogens with one attached hydrogen (secondary N) is 1. The number of benzene rings is 4. The van der Waals surface area contributed by atoms with Gasteiger partial charge in [0.2, 0.25) is 0 Å². The van der Waals surface area contributed by atoms with Gasteiger partial charge in [-0.05, 0) is 53.4 Å². The summed E-state index contributed by atoms with van der Waals surface area (Å²) in [6, 6.07) is 23.1. The van der Waals surface area contributed by atoms with E-state index in [1.54, 1.807) is 17.0 Å². The fraction of sp³-hybridized carbons (Fsp3) is 0.172. The normalized spacial score (nSPS) is 15.0. The molecule has 2 N–H and O–H groups in total. The van der Waals surface area contributed by atoms with Gasteiger partial charge in [0.15, 0.2) is 0 Å². The average molecular weight is 497 g/mol. The lowest BCUT2D eigenvalue weighted by molar-refractivity contribution is 0.0988. The molecule has 180 valence electrons. The lowest BCUT2D eigenvalue weighted by atomic mass is 9.95. The number of fused-ring (bicyclic) bond motifs is 4. The molecule has 0 fully saturated rings. The summed E-state index contributed by atoms with van der Waals surface area (Å²) in [5.41, 5.74) is 5.96. The Bertz CT molecular complexity index is 1620. The number of carbonyl (C=O) groups is 1. The number of H-pyrrole nitrogens is 1. The number of aromatic amines is 1. The zero-order valence-electron chi connectivity index (χ0n) is 20.0. The monoisotopic (exact) mass is 496 g/mol. The summed E-state index contributed by atoms with van der Waals surface area (Å²) in [5, 5.41) is 12.4. The van der Waals surface area contributed by atoms with E-state index in [0.717, 1.165) is 44.4 Å². The van der Waals surface area contributed by atoms with E-state index in [2.05, 4.69) is 17.1 Å². The molecule has 36 heavy (non-hydrogen) atoms. The largest absolute Gasteiger partial charge is 0.507 e. The minimum absolute atomic E-state index is 0.0104. The number of aromatic hydroxyl groups is 1. The highest BCUT2D eigenvalue weighted by Crippen LogP contribution is 2.45. The van der Waals surface area contributed by atoms with Crippen LogP contribution in [0.1, 0.15) is 21.8 Å². The standard InChI is InChI=1S/C29H25ClN4O2/c1-33(2)20-10-7-17(8-11-20)28-31-23-12-9-18(13-24(23)32-28)29(36)34-16-19(15-30)27-22-6-4-3-5-21(22)26(35)14-25(27)34/h3-14,19,35H,15-16H2,1-2H3,(H,31,32)/t19-/m1/s1. The molecule has 1 amide bonds. The minimum atomic E-state index is -0.132. The molecule has 1 aliphatic heterocycles. The van der Waals surface area contributed by atoms with E-state index < -0.39 is 0 Å². The summed E-state index contributed by atoms with van der Waals surface area (Å²) in [6.45, 7) is 0.468. The van der Waals surface area contributed by atoms with Crippen LogP contribution in [0.4, 0.5) is 11.4 Å². The van der Waals surface area contributed by atoms with Crippen LogP contribution in [0.2, 0.25) is 0 Å². The second-order valence-electron chi connectivity index (χ2n) is 9.40. The number of halogens is 1. The van der Waals surface area contributed by atoms with Gasteiger partial charge in [-0.1, -0.05) is 24.3 Å². The first-order chi connectivity index (χ1) is 17.4. The number of hydrogen-bond donors (Lipinski definition) is 2. The predicted molar refractivity (Wildman–Crippen MR) is 147 cm³/mol. The van der Waals surface area contributed by atoms with E-state index in [0.29, 0.717) is 23.7 Å². The molecule has 6 rings (SSSR count). The molecule has 2 heterocycles. The van der Waals surface area contributed by atoms with Gasteiger partial charge >= 0.3 is 0 Å². The quantitative estimate of drug-likeness (QED) is 0.293. The summed E-state index contributed by atoms with van der Waals surface area (Å²) in [4.78, 5) is 25.6. The summed E-state index contributed by atoms with van der Waals surface area (Å²) < 4.78 is 0. The first-order valence-corrected chi connectivity index (χ1v) is 12.4. The van der Waals surface area contributed by atoms with Crippen LogP contribution in [-0.4, -0.2) is 47.5 Å². The van der Waals surface area contributed by atoms with Gasteiger partial charge in [0.05, 0.1) is 16.7 Å². The van der Waals surface area contributed by atoms with Crippen molar-refractivity contribution in [3.63, 3.8) is 0 Å². The molecular weight excluding hydrogens is 472 g/mol. The van der Waals surface area contributed by atoms with Crippen LogP contribution in [-0.2, 0) is 0 Å². The highest BCUT2D eigenvalue weighted by atomic mass is 35.5. The van der Waals surface area contributed by atoms with E-state index in [-0.39, 0.29) is 17.6 Å². The third kappa shape index (κ3) is 3.57. The third-order valence-corrected chi connectivity index (χ3v) is 7.33. The fourth-order valence-electron chi connectivity index (χ4n) is 5.10. The van der Waals surface area contributed by atoms with Crippen LogP contribution < -0.4 is 9.80 Å². The maximum atomic E-state index is 13.7. The maximum absolute atomic E-state index is 13.7. The molecule has 0 unspecified atom stereocenters. The van der Waals surface area contributed by atoms with Crippen molar-refractivity contribution in [2.75, 3.05) is 36.3 Å². The predicted octanol–water partition coefficient (Wildman–Crippen LogP) is 6.14. The Balaban J connectivity index is 1.37. The number of aromatic nitrogens is 2. The van der Waals surface area contributed by atoms with Crippen molar-refractivity contribution in [1.82, 2.24) is 9.97 Å². The number of nitrogens with zero attached hydrogens (tertiary/aromatic N) is 3. The zero-order chi connectivity index (χ0) is 25.0. The van der Waals surface area contributed by atoms with E-state index in [1.165, 1.54) is 0 Å². The van der Waals surface area contributed by atoms with Gasteiger partial charge in [0.25, 0.3) is 5.91 Å². The van der Waals surface area contributed by atoms with Gasteiger partial charge in [-0.3, -0.25) is 4.79 Å². The number of rotatable bonds is 4. The van der Waals surface area contributed by atoms with Crippen molar-refractivity contribution < 1.29 is 9.90 Å². The number of hydrogen-bond acceptors (Lipinski definition) is 4. The highest BCUT2D eigenvalue weighted by molar-refractivity contribution is 6.19. The molecule has 0 spiro atoms. The number of phenolic OH excluding ortho intramolecular Hbond substituents is 1. The Labute approximate surface area is 213 Å². The van der Waals surface area contributed by atoms with Gasteiger partial charge in [0, 0.05) is 60.7 Å². The van der Waals surface area contributed by atoms with Gasteiger partial charge in [-0.2, -0.15) is 0 Å². The Hall–Kier alpha value is -4.03. The van der Waals surface area contributed by atoms with Crippen LogP contribution in [0.3, 0.4) is 0 Å². The first kappa shape index (κ1) is 22.4. The summed E-state index contributed by atoms with van der Waals surface area (Å²) in [6.07, 6.45) is 0. The molecule has 0 aliphatic carbocycles. The lowest BCUT2D eigenvalue weighted by Gasteiger charge is -2.18. The van der Waals surface area contributed by atoms with Crippen molar-refractivity contribution in [1.29, 1.82) is 0 Å². The molecule has 1 aliphatic rings. The Morgan fingerprint density at radius 3 is 2.56 bits per heavy atom. The fourth-order valence-corrected chi connectivity index (χ4v) is 5.35. The number of amides is 1. The Morgan fingerprint density at radius 2 is 1.83 bits per heavy atom. The molecular formula is C29H25ClN4O2. The van der Waals surface area contributed by atoms with E-state index in [9.17, 15) is 9.90 Å². The van der Waals surface area contributed by atoms with Crippen LogP contribution in [0.15, 0.2) is 72.8 Å². The van der Waals surface area contributed by atoms with Crippen LogP contribution in [0.5, 0.6) is 5.75 Å². The second-order valence-corrected chi connectivity index (χ2v) is 9.71. The Kier molecular flexibility index (Phi) is 5.34. The lowest BCUT2D eigenvalue weighted by Crippen LogP contribution is -2.30. The highest BCUT2D eigenvalue weighted by Gasteiger charge is 2.35. The van der Waals surface area contributed by atoms with Crippen molar-refractivity contribution >= 4 is 50.7 Å². The molecule has 0 bridgehead atoms. The van der Waals surface area contributed by atoms with Crippen molar-refractivity contribution in [3.8, 4) is 17.1 Å². The van der Waals surface area contributed by atoms with Crippen molar-refractivity contribution in [2.45, 2.75) is 5.92 Å². The molecule has 5 aromatic rings. The van der Waals surface area contributed by atoms with Crippen molar-refractivity contribution in [2.24, 2.45) is 0 Å². The van der Waals surface area contributed by atoms with E-state index >= 15 is 0 Å². The topological polar surface area (TPSA) is 72.5 Å². The average Bonchev–Trinajstić information content (AvgIpc) is 3.49. The van der Waals surface area contributed by atoms with Gasteiger partial charge in [-0.15, -0.1) is 11.6 Å². The molecule has 1 aromatic heterocycles.